The monoisotopic (exact) mass is 303 g/mol. The lowest BCUT2D eigenvalue weighted by Gasteiger charge is -2.68. The highest BCUT2D eigenvalue weighted by atomic mass is 14.8. The predicted molar refractivity (Wildman–Crippen MR) is 93.6 cm³/mol. The van der Waals surface area contributed by atoms with Gasteiger partial charge in [-0.1, -0.05) is 45.4 Å². The van der Waals surface area contributed by atoms with E-state index < -0.39 is 0 Å². The molecule has 5 saturated carbocycles. The average Bonchev–Trinajstić information content (AvgIpc) is 2.47. The van der Waals surface area contributed by atoms with Crippen molar-refractivity contribution < 1.29 is 0 Å². The van der Waals surface area contributed by atoms with Crippen molar-refractivity contribution in [1.82, 2.24) is 0 Å². The lowest BCUT2D eigenvalue weighted by atomic mass is 9.38. The van der Waals surface area contributed by atoms with Crippen molar-refractivity contribution in [2.75, 3.05) is 0 Å². The van der Waals surface area contributed by atoms with Gasteiger partial charge in [-0.05, 0) is 80.5 Å². The fourth-order valence-electron chi connectivity index (χ4n) is 8.02. The summed E-state index contributed by atoms with van der Waals surface area (Å²) >= 11 is 0. The SMILES string of the molecule is CCCC(C)(N)C12CC3CC(CC(C3)C1C1CCCCC1)C2. The molecule has 0 heterocycles. The fourth-order valence-corrected chi connectivity index (χ4v) is 8.02. The molecule has 0 aromatic carbocycles. The van der Waals surface area contributed by atoms with E-state index in [4.69, 9.17) is 5.73 Å². The minimum atomic E-state index is 0.0832. The molecule has 5 aliphatic rings. The van der Waals surface area contributed by atoms with E-state index in [1.54, 1.807) is 12.8 Å². The van der Waals surface area contributed by atoms with Crippen LogP contribution < -0.4 is 5.73 Å². The van der Waals surface area contributed by atoms with E-state index >= 15 is 0 Å². The Balaban J connectivity index is 1.70. The first-order valence-electron chi connectivity index (χ1n) is 10.3. The zero-order chi connectivity index (χ0) is 15.4. The third-order valence-corrected chi connectivity index (χ3v) is 8.46. The van der Waals surface area contributed by atoms with E-state index in [1.807, 2.05) is 0 Å². The largest absolute Gasteiger partial charge is 0.325 e. The zero-order valence-corrected chi connectivity index (χ0v) is 14.9. The maximum Gasteiger partial charge on any atom is 0.0185 e. The summed E-state index contributed by atoms with van der Waals surface area (Å²) in [5, 5.41) is 0. The first-order valence-corrected chi connectivity index (χ1v) is 10.3. The summed E-state index contributed by atoms with van der Waals surface area (Å²) in [6.07, 6.45) is 17.6. The van der Waals surface area contributed by atoms with E-state index in [9.17, 15) is 0 Å². The molecular formula is C21H37N. The molecule has 4 atom stereocenters. The van der Waals surface area contributed by atoms with E-state index in [1.165, 1.54) is 64.2 Å². The number of rotatable bonds is 4. The van der Waals surface area contributed by atoms with Crippen LogP contribution >= 0.6 is 0 Å². The molecular weight excluding hydrogens is 266 g/mol. The van der Waals surface area contributed by atoms with Crippen molar-refractivity contribution in [2.24, 2.45) is 40.7 Å². The molecule has 1 heteroatoms. The van der Waals surface area contributed by atoms with Gasteiger partial charge in [0.2, 0.25) is 0 Å². The van der Waals surface area contributed by atoms with Gasteiger partial charge in [-0.15, -0.1) is 0 Å². The summed E-state index contributed by atoms with van der Waals surface area (Å²) < 4.78 is 0. The lowest BCUT2D eigenvalue weighted by Crippen LogP contribution is -2.67. The van der Waals surface area contributed by atoms with Crippen molar-refractivity contribution >= 4 is 0 Å². The highest BCUT2D eigenvalue weighted by molar-refractivity contribution is 5.15. The van der Waals surface area contributed by atoms with Gasteiger partial charge in [-0.25, -0.2) is 0 Å². The minimum absolute atomic E-state index is 0.0832. The molecule has 0 aliphatic heterocycles. The van der Waals surface area contributed by atoms with E-state index in [-0.39, 0.29) is 5.54 Å². The van der Waals surface area contributed by atoms with Gasteiger partial charge in [0.15, 0.2) is 0 Å². The van der Waals surface area contributed by atoms with Crippen molar-refractivity contribution in [3.8, 4) is 0 Å². The van der Waals surface area contributed by atoms with Crippen molar-refractivity contribution in [3.63, 3.8) is 0 Å². The summed E-state index contributed by atoms with van der Waals surface area (Å²) in [6.45, 7) is 4.78. The van der Waals surface area contributed by atoms with Crippen LogP contribution in [0.1, 0.15) is 90.9 Å². The van der Waals surface area contributed by atoms with E-state index in [0.717, 1.165) is 29.6 Å². The van der Waals surface area contributed by atoms with Crippen LogP contribution in [0.3, 0.4) is 0 Å². The fraction of sp³-hybridized carbons (Fsp3) is 1.00. The van der Waals surface area contributed by atoms with Crippen LogP contribution in [0.15, 0.2) is 0 Å². The highest BCUT2D eigenvalue weighted by Crippen LogP contribution is 2.69. The van der Waals surface area contributed by atoms with Crippen molar-refractivity contribution in [3.05, 3.63) is 0 Å². The smallest absolute Gasteiger partial charge is 0.0185 e. The van der Waals surface area contributed by atoms with Gasteiger partial charge in [0.05, 0.1) is 0 Å². The lowest BCUT2D eigenvalue weighted by molar-refractivity contribution is -0.170. The van der Waals surface area contributed by atoms with Gasteiger partial charge in [0.25, 0.3) is 0 Å². The summed E-state index contributed by atoms with van der Waals surface area (Å²) in [7, 11) is 0. The van der Waals surface area contributed by atoms with Gasteiger partial charge in [-0.2, -0.15) is 0 Å². The Morgan fingerprint density at radius 2 is 1.59 bits per heavy atom. The first kappa shape index (κ1) is 15.5. The summed E-state index contributed by atoms with van der Waals surface area (Å²) in [4.78, 5) is 0. The number of nitrogens with two attached hydrogens (primary N) is 1. The molecule has 0 saturated heterocycles. The van der Waals surface area contributed by atoms with Crippen molar-refractivity contribution in [1.29, 1.82) is 0 Å². The quantitative estimate of drug-likeness (QED) is 0.726. The van der Waals surface area contributed by atoms with E-state index in [0.29, 0.717) is 5.41 Å². The highest BCUT2D eigenvalue weighted by Gasteiger charge is 2.63. The molecule has 4 bridgehead atoms. The minimum Gasteiger partial charge on any atom is -0.325 e. The van der Waals surface area contributed by atoms with Crippen LogP contribution in [0.5, 0.6) is 0 Å². The van der Waals surface area contributed by atoms with Gasteiger partial charge >= 0.3 is 0 Å². The standard InChI is InChI=1S/C21H37N/c1-3-9-20(2,22)21-13-15-10-16(14-21)12-18(11-15)19(21)17-7-5-4-6-8-17/h15-19H,3-14,22H2,1-2H3. The van der Waals surface area contributed by atoms with Crippen LogP contribution in [0.25, 0.3) is 0 Å². The van der Waals surface area contributed by atoms with Gasteiger partial charge in [0, 0.05) is 5.54 Å². The molecule has 22 heavy (non-hydrogen) atoms. The topological polar surface area (TPSA) is 26.0 Å². The summed E-state index contributed by atoms with van der Waals surface area (Å²) in [5.74, 6) is 5.07. The molecule has 126 valence electrons. The zero-order valence-electron chi connectivity index (χ0n) is 14.9. The normalized spacial score (nSPS) is 47.6. The van der Waals surface area contributed by atoms with Gasteiger partial charge in [0.1, 0.15) is 0 Å². The molecule has 4 unspecified atom stereocenters. The molecule has 2 N–H and O–H groups in total. The Morgan fingerprint density at radius 1 is 0.955 bits per heavy atom. The van der Waals surface area contributed by atoms with Gasteiger partial charge < -0.3 is 5.73 Å². The predicted octanol–water partition coefficient (Wildman–Crippen LogP) is 5.53. The van der Waals surface area contributed by atoms with Gasteiger partial charge in [-0.3, -0.25) is 0 Å². The second-order valence-electron chi connectivity index (χ2n) is 9.85. The second-order valence-corrected chi connectivity index (χ2v) is 9.85. The maximum absolute atomic E-state index is 7.12. The first-order chi connectivity index (χ1) is 10.6. The Labute approximate surface area is 137 Å². The van der Waals surface area contributed by atoms with Crippen LogP contribution in [-0.4, -0.2) is 5.54 Å². The third-order valence-electron chi connectivity index (χ3n) is 8.46. The molecule has 1 nitrogen and oxygen atoms in total. The van der Waals surface area contributed by atoms with Crippen LogP contribution in [0.4, 0.5) is 0 Å². The van der Waals surface area contributed by atoms with Crippen molar-refractivity contribution in [2.45, 2.75) is 96.4 Å². The molecule has 0 aromatic heterocycles. The number of hydrogen-bond donors (Lipinski definition) is 1. The summed E-state index contributed by atoms with van der Waals surface area (Å²) in [6, 6.07) is 0. The molecule has 5 aliphatic carbocycles. The second kappa shape index (κ2) is 5.50. The summed E-state index contributed by atoms with van der Waals surface area (Å²) in [5.41, 5.74) is 7.71. The Hall–Kier alpha value is -0.0400. The van der Waals surface area contributed by atoms with E-state index in [2.05, 4.69) is 13.8 Å². The van der Waals surface area contributed by atoms with Crippen LogP contribution in [0, 0.1) is 35.0 Å². The molecule has 0 aromatic rings. The molecule has 5 rings (SSSR count). The molecule has 0 radical (unpaired) electrons. The third kappa shape index (κ3) is 2.21. The molecule has 0 amide bonds. The van der Waals surface area contributed by atoms with Crippen LogP contribution in [-0.2, 0) is 0 Å². The molecule has 0 spiro atoms. The number of hydrogen-bond acceptors (Lipinski definition) is 1. The molecule has 5 fully saturated rings. The Kier molecular flexibility index (Phi) is 3.87. The Morgan fingerprint density at radius 3 is 2.18 bits per heavy atom. The maximum atomic E-state index is 7.12. The average molecular weight is 304 g/mol. The Bertz CT molecular complexity index is 390. The van der Waals surface area contributed by atoms with Crippen LogP contribution in [0.2, 0.25) is 0 Å².